The average Bonchev–Trinajstić information content (AvgIpc) is 3.39. The Morgan fingerprint density at radius 3 is 2.29 bits per heavy atom. The summed E-state index contributed by atoms with van der Waals surface area (Å²) < 4.78 is 37.1. The van der Waals surface area contributed by atoms with Crippen LogP contribution in [0.1, 0.15) is 5.56 Å². The van der Waals surface area contributed by atoms with Crippen LogP contribution in [0.2, 0.25) is 0 Å². The highest BCUT2D eigenvalue weighted by atomic mass is 19.4. The number of H-pyrrole nitrogens is 1. The monoisotopic (exact) mass is 530 g/mol. The SMILES string of the molecule is N#Cc1cc(-c2ccnc(-c3cnc(N4CCOCC4)nc3)c2)[nH]c1N1CCNCC1.O=C(O)C(F)(F)F. The van der Waals surface area contributed by atoms with E-state index in [4.69, 9.17) is 14.6 Å². The summed E-state index contributed by atoms with van der Waals surface area (Å²) in [5, 5.41) is 20.1. The van der Waals surface area contributed by atoms with E-state index in [1.54, 1.807) is 6.20 Å². The van der Waals surface area contributed by atoms with Crippen molar-refractivity contribution in [3.05, 3.63) is 42.4 Å². The number of morpholine rings is 1. The Balaban J connectivity index is 0.000000426. The summed E-state index contributed by atoms with van der Waals surface area (Å²) in [7, 11) is 0. The Bertz CT molecular complexity index is 1280. The number of carboxylic acids is 1. The number of hydrogen-bond donors (Lipinski definition) is 3. The largest absolute Gasteiger partial charge is 0.490 e. The van der Waals surface area contributed by atoms with Gasteiger partial charge in [0.05, 0.1) is 24.5 Å². The lowest BCUT2D eigenvalue weighted by molar-refractivity contribution is -0.192. The van der Waals surface area contributed by atoms with Gasteiger partial charge in [0.25, 0.3) is 0 Å². The summed E-state index contributed by atoms with van der Waals surface area (Å²) in [4.78, 5) is 30.3. The van der Waals surface area contributed by atoms with Crippen LogP contribution in [0.4, 0.5) is 24.9 Å². The van der Waals surface area contributed by atoms with Gasteiger partial charge < -0.3 is 29.9 Å². The van der Waals surface area contributed by atoms with Gasteiger partial charge in [0, 0.05) is 74.7 Å². The minimum absolute atomic E-state index is 0.661. The molecule has 0 saturated carbocycles. The van der Waals surface area contributed by atoms with Crippen LogP contribution in [0.15, 0.2) is 36.8 Å². The first-order chi connectivity index (χ1) is 18.3. The number of ether oxygens (including phenoxy) is 1. The van der Waals surface area contributed by atoms with E-state index in [0.717, 1.165) is 67.6 Å². The van der Waals surface area contributed by atoms with Crippen LogP contribution in [0.25, 0.3) is 22.5 Å². The van der Waals surface area contributed by atoms with Gasteiger partial charge >= 0.3 is 12.1 Å². The summed E-state index contributed by atoms with van der Waals surface area (Å²) in [5.74, 6) is -1.16. The molecule has 0 atom stereocenters. The lowest BCUT2D eigenvalue weighted by atomic mass is 10.1. The van der Waals surface area contributed by atoms with Crippen molar-refractivity contribution < 1.29 is 27.8 Å². The van der Waals surface area contributed by atoms with Crippen LogP contribution in [0.5, 0.6) is 0 Å². The zero-order chi connectivity index (χ0) is 27.1. The molecule has 0 spiro atoms. The second-order valence-electron chi connectivity index (χ2n) is 8.40. The first-order valence-corrected chi connectivity index (χ1v) is 11.8. The number of aromatic amines is 1. The first kappa shape index (κ1) is 26.8. The molecule has 0 aliphatic carbocycles. The number of carboxylic acid groups (broad SMARTS) is 1. The molecule has 3 aromatic rings. The van der Waals surface area contributed by atoms with Crippen molar-refractivity contribution in [3.8, 4) is 28.6 Å². The molecule has 11 nitrogen and oxygen atoms in total. The third-order valence-corrected chi connectivity index (χ3v) is 5.89. The number of anilines is 2. The fourth-order valence-corrected chi connectivity index (χ4v) is 3.96. The van der Waals surface area contributed by atoms with E-state index in [2.05, 4.69) is 41.1 Å². The Morgan fingerprint density at radius 1 is 1.03 bits per heavy atom. The Morgan fingerprint density at radius 2 is 1.68 bits per heavy atom. The number of nitrogens with one attached hydrogen (secondary N) is 2. The molecule has 0 amide bonds. The lowest BCUT2D eigenvalue weighted by Crippen LogP contribution is -2.44. The van der Waals surface area contributed by atoms with E-state index in [0.29, 0.717) is 24.7 Å². The van der Waals surface area contributed by atoms with Gasteiger partial charge in [0.2, 0.25) is 5.95 Å². The average molecular weight is 531 g/mol. The van der Waals surface area contributed by atoms with E-state index in [1.165, 1.54) is 0 Å². The molecule has 38 heavy (non-hydrogen) atoms. The van der Waals surface area contributed by atoms with Crippen LogP contribution in [-0.2, 0) is 9.53 Å². The molecule has 0 aromatic carbocycles. The van der Waals surface area contributed by atoms with E-state index in [-0.39, 0.29) is 0 Å². The number of nitriles is 1. The molecule has 5 heterocycles. The van der Waals surface area contributed by atoms with Crippen molar-refractivity contribution in [2.75, 3.05) is 62.3 Å². The van der Waals surface area contributed by atoms with Gasteiger partial charge in [-0.05, 0) is 18.2 Å². The highest BCUT2D eigenvalue weighted by Crippen LogP contribution is 2.29. The van der Waals surface area contributed by atoms with Gasteiger partial charge in [0.15, 0.2) is 0 Å². The summed E-state index contributed by atoms with van der Waals surface area (Å²) in [6.45, 7) is 6.59. The number of aliphatic carboxylic acids is 1. The normalized spacial score (nSPS) is 15.8. The summed E-state index contributed by atoms with van der Waals surface area (Å²) in [5.41, 5.74) is 4.18. The number of piperazine rings is 1. The van der Waals surface area contributed by atoms with Gasteiger partial charge in [-0.2, -0.15) is 18.4 Å². The maximum atomic E-state index is 10.6. The van der Waals surface area contributed by atoms with Gasteiger partial charge in [-0.1, -0.05) is 0 Å². The quantitative estimate of drug-likeness (QED) is 0.460. The smallest absolute Gasteiger partial charge is 0.475 e. The Hall–Kier alpha value is -4.22. The topological polar surface area (TPSA) is 143 Å². The molecular weight excluding hydrogens is 505 g/mol. The molecule has 2 aliphatic heterocycles. The van der Waals surface area contributed by atoms with Crippen LogP contribution < -0.4 is 15.1 Å². The second kappa shape index (κ2) is 11.9. The minimum atomic E-state index is -5.08. The van der Waals surface area contributed by atoms with Gasteiger partial charge in [-0.25, -0.2) is 14.8 Å². The van der Waals surface area contributed by atoms with Gasteiger partial charge in [0.1, 0.15) is 11.9 Å². The van der Waals surface area contributed by atoms with Crippen LogP contribution >= 0.6 is 0 Å². The third-order valence-electron chi connectivity index (χ3n) is 5.89. The van der Waals surface area contributed by atoms with Crippen molar-refractivity contribution in [3.63, 3.8) is 0 Å². The second-order valence-corrected chi connectivity index (χ2v) is 8.40. The van der Waals surface area contributed by atoms with Crippen molar-refractivity contribution in [2.24, 2.45) is 0 Å². The lowest BCUT2D eigenvalue weighted by Gasteiger charge is -2.28. The van der Waals surface area contributed by atoms with Crippen LogP contribution in [0.3, 0.4) is 0 Å². The fourth-order valence-electron chi connectivity index (χ4n) is 3.96. The zero-order valence-corrected chi connectivity index (χ0v) is 20.2. The van der Waals surface area contributed by atoms with Crippen LogP contribution in [-0.4, -0.2) is 89.7 Å². The van der Waals surface area contributed by atoms with Crippen molar-refractivity contribution in [1.29, 1.82) is 5.26 Å². The molecule has 2 fully saturated rings. The molecule has 14 heteroatoms. The number of carbonyl (C=O) groups is 1. The Kier molecular flexibility index (Phi) is 8.39. The standard InChI is InChI=1S/C22H24N8O.C2HF3O2/c23-13-17-12-20(28-21(17)29-5-3-24-4-6-29)16-1-2-25-19(11-16)18-14-26-22(27-15-18)30-7-9-31-10-8-30;3-2(4,5)1(6)7/h1-2,11-12,14-15,24,28H,3-10H2;(H,6,7). The fraction of sp³-hybridized carbons (Fsp3) is 0.375. The Labute approximate surface area is 215 Å². The highest BCUT2D eigenvalue weighted by molar-refractivity contribution is 5.73. The van der Waals surface area contributed by atoms with Gasteiger partial charge in [-0.15, -0.1) is 0 Å². The summed E-state index contributed by atoms with van der Waals surface area (Å²) >= 11 is 0. The summed E-state index contributed by atoms with van der Waals surface area (Å²) in [6.07, 6.45) is 0.314. The number of hydrogen-bond acceptors (Lipinski definition) is 9. The molecule has 3 aromatic heterocycles. The van der Waals surface area contributed by atoms with Crippen molar-refractivity contribution in [1.82, 2.24) is 25.3 Å². The highest BCUT2D eigenvalue weighted by Gasteiger charge is 2.38. The van der Waals surface area contributed by atoms with E-state index < -0.39 is 12.1 Å². The van der Waals surface area contributed by atoms with E-state index >= 15 is 0 Å². The number of rotatable bonds is 4. The number of alkyl halides is 3. The van der Waals surface area contributed by atoms with Crippen molar-refractivity contribution >= 4 is 17.7 Å². The summed E-state index contributed by atoms with van der Waals surface area (Å²) in [6, 6.07) is 8.18. The number of halogens is 3. The molecule has 2 saturated heterocycles. The first-order valence-electron chi connectivity index (χ1n) is 11.8. The molecule has 2 aliphatic rings. The number of nitrogens with zero attached hydrogens (tertiary/aromatic N) is 6. The van der Waals surface area contributed by atoms with Crippen LogP contribution in [0, 0.1) is 11.3 Å². The maximum Gasteiger partial charge on any atom is 0.490 e. The van der Waals surface area contributed by atoms with E-state index in [9.17, 15) is 18.4 Å². The predicted molar refractivity (Wildman–Crippen MR) is 132 cm³/mol. The third kappa shape index (κ3) is 6.55. The molecular formula is C24H25F3N8O3. The number of pyridine rings is 1. The van der Waals surface area contributed by atoms with E-state index in [1.807, 2.05) is 30.6 Å². The van der Waals surface area contributed by atoms with Crippen molar-refractivity contribution in [2.45, 2.75) is 6.18 Å². The number of aromatic nitrogens is 4. The molecule has 0 bridgehead atoms. The predicted octanol–water partition coefficient (Wildman–Crippen LogP) is 2.28. The van der Waals surface area contributed by atoms with Gasteiger partial charge in [-0.3, -0.25) is 4.98 Å². The molecule has 0 radical (unpaired) electrons. The molecule has 5 rings (SSSR count). The molecule has 3 N–H and O–H groups in total. The minimum Gasteiger partial charge on any atom is -0.475 e. The molecule has 200 valence electrons. The molecule has 0 unspecified atom stereocenters. The maximum absolute atomic E-state index is 10.6. The zero-order valence-electron chi connectivity index (χ0n) is 20.2.